The van der Waals surface area contributed by atoms with E-state index in [1.165, 1.54) is 28.9 Å². The number of nitrogens with one attached hydrogen (secondary N) is 1. The van der Waals surface area contributed by atoms with Gasteiger partial charge in [0.1, 0.15) is 11.5 Å². The molecule has 7 nitrogen and oxygen atoms in total. The number of hydrogen-bond donors (Lipinski definition) is 1. The number of rotatable bonds is 7. The van der Waals surface area contributed by atoms with Crippen molar-refractivity contribution >= 4 is 11.9 Å². The second-order valence-corrected chi connectivity index (χ2v) is 5.53. The summed E-state index contributed by atoms with van der Waals surface area (Å²) in [4.78, 5) is 35.5. The Kier molecular flexibility index (Phi) is 6.60. The van der Waals surface area contributed by atoms with Crippen LogP contribution in [0, 0.1) is 12.7 Å². The quantitative estimate of drug-likeness (QED) is 0.599. The Morgan fingerprint density at radius 2 is 2.04 bits per heavy atom. The minimum absolute atomic E-state index is 0.140. The van der Waals surface area contributed by atoms with Crippen molar-refractivity contribution in [1.29, 1.82) is 0 Å². The van der Waals surface area contributed by atoms with E-state index in [1.54, 1.807) is 19.9 Å². The summed E-state index contributed by atoms with van der Waals surface area (Å²) in [5, 5.41) is 6.54. The smallest absolute Gasteiger partial charge is 0.305 e. The van der Waals surface area contributed by atoms with Gasteiger partial charge >= 0.3 is 5.97 Å². The summed E-state index contributed by atoms with van der Waals surface area (Å²) in [6.07, 6.45) is 0.535. The average molecular weight is 361 g/mol. The Morgan fingerprint density at radius 1 is 1.31 bits per heavy atom. The number of esters is 1. The Bertz CT molecular complexity index is 864. The number of aromatic nitrogens is 2. The van der Waals surface area contributed by atoms with E-state index in [0.29, 0.717) is 18.7 Å². The topological polar surface area (TPSA) is 90.3 Å². The molecule has 1 N–H and O–H groups in total. The lowest BCUT2D eigenvalue weighted by Crippen LogP contribution is -2.32. The summed E-state index contributed by atoms with van der Waals surface area (Å²) in [6, 6.07) is 7.16. The molecule has 1 heterocycles. The van der Waals surface area contributed by atoms with Crippen molar-refractivity contribution in [2.75, 3.05) is 13.2 Å². The van der Waals surface area contributed by atoms with Crippen LogP contribution < -0.4 is 10.7 Å². The fourth-order valence-electron chi connectivity index (χ4n) is 2.32. The lowest BCUT2D eigenvalue weighted by molar-refractivity contribution is -0.143. The molecule has 0 unspecified atom stereocenters. The highest BCUT2D eigenvalue weighted by Gasteiger charge is 2.16. The predicted octanol–water partition coefficient (Wildman–Crippen LogP) is 1.75. The van der Waals surface area contributed by atoms with E-state index < -0.39 is 17.2 Å². The van der Waals surface area contributed by atoms with Gasteiger partial charge in [-0.1, -0.05) is 12.1 Å². The molecule has 0 aliphatic heterocycles. The van der Waals surface area contributed by atoms with E-state index in [0.717, 1.165) is 0 Å². The van der Waals surface area contributed by atoms with E-state index in [-0.39, 0.29) is 30.3 Å². The highest BCUT2D eigenvalue weighted by molar-refractivity contribution is 5.92. The second kappa shape index (κ2) is 8.89. The van der Waals surface area contributed by atoms with Crippen LogP contribution in [0.2, 0.25) is 0 Å². The average Bonchev–Trinajstić information content (AvgIpc) is 2.60. The third kappa shape index (κ3) is 4.75. The van der Waals surface area contributed by atoms with Gasteiger partial charge in [0.05, 0.1) is 6.61 Å². The van der Waals surface area contributed by atoms with Crippen LogP contribution in [0.5, 0.6) is 0 Å². The van der Waals surface area contributed by atoms with Crippen molar-refractivity contribution in [3.05, 3.63) is 57.8 Å². The Balaban J connectivity index is 2.13. The molecule has 1 aromatic carbocycles. The van der Waals surface area contributed by atoms with Crippen molar-refractivity contribution in [2.45, 2.75) is 26.7 Å². The fraction of sp³-hybridized carbons (Fsp3) is 0.333. The molecule has 0 fully saturated rings. The van der Waals surface area contributed by atoms with Crippen LogP contribution in [0.1, 0.15) is 35.9 Å². The first-order chi connectivity index (χ1) is 12.4. The minimum atomic E-state index is -0.677. The van der Waals surface area contributed by atoms with Crippen LogP contribution in [-0.4, -0.2) is 34.8 Å². The molecule has 26 heavy (non-hydrogen) atoms. The van der Waals surface area contributed by atoms with E-state index in [1.807, 2.05) is 0 Å². The predicted molar refractivity (Wildman–Crippen MR) is 92.7 cm³/mol. The molecule has 0 atom stereocenters. The van der Waals surface area contributed by atoms with Crippen LogP contribution in [-0.2, 0) is 9.53 Å². The standard InChI is InChI=1S/C18H20FN3O4/c1-3-26-16(24)9-6-10-20-18(25)17-15(23)11-12(2)22(21-17)14-8-5-4-7-13(14)19/h4-5,7-8,11H,3,6,9-10H2,1-2H3,(H,20,25). The van der Waals surface area contributed by atoms with Gasteiger partial charge in [0.15, 0.2) is 5.69 Å². The van der Waals surface area contributed by atoms with Gasteiger partial charge in [-0.05, 0) is 32.4 Å². The van der Waals surface area contributed by atoms with Crippen LogP contribution in [0.15, 0.2) is 35.1 Å². The molecule has 0 aliphatic carbocycles. The molecule has 2 rings (SSSR count). The minimum Gasteiger partial charge on any atom is -0.466 e. The number of carbonyl (C=O) groups is 2. The third-order valence-corrected chi connectivity index (χ3v) is 3.55. The SMILES string of the molecule is CCOC(=O)CCCNC(=O)c1nn(-c2ccccc2F)c(C)cc1=O. The van der Waals surface area contributed by atoms with E-state index in [9.17, 15) is 18.8 Å². The molecule has 0 spiro atoms. The molecule has 0 saturated carbocycles. The number of para-hydroxylation sites is 1. The highest BCUT2D eigenvalue weighted by atomic mass is 19.1. The molecule has 2 aromatic rings. The third-order valence-electron chi connectivity index (χ3n) is 3.55. The van der Waals surface area contributed by atoms with Crippen molar-refractivity contribution in [3.63, 3.8) is 0 Å². The van der Waals surface area contributed by atoms with Crippen LogP contribution in [0.4, 0.5) is 4.39 Å². The molecule has 138 valence electrons. The van der Waals surface area contributed by atoms with E-state index in [2.05, 4.69) is 10.4 Å². The number of benzene rings is 1. The van der Waals surface area contributed by atoms with Gasteiger partial charge in [0.25, 0.3) is 5.91 Å². The maximum absolute atomic E-state index is 14.0. The molecule has 1 amide bonds. The zero-order chi connectivity index (χ0) is 19.1. The summed E-state index contributed by atoms with van der Waals surface area (Å²) < 4.78 is 20.0. The Labute approximate surface area is 149 Å². The van der Waals surface area contributed by atoms with Crippen molar-refractivity contribution in [3.8, 4) is 5.69 Å². The first-order valence-corrected chi connectivity index (χ1v) is 8.23. The molecular weight excluding hydrogens is 341 g/mol. The maximum Gasteiger partial charge on any atom is 0.305 e. The lowest BCUT2D eigenvalue weighted by atomic mass is 10.2. The van der Waals surface area contributed by atoms with Crippen molar-refractivity contribution in [2.24, 2.45) is 0 Å². The summed E-state index contributed by atoms with van der Waals surface area (Å²) in [6.45, 7) is 3.80. The van der Waals surface area contributed by atoms with Gasteiger partial charge in [-0.2, -0.15) is 5.10 Å². The molecule has 8 heteroatoms. The normalized spacial score (nSPS) is 10.4. The van der Waals surface area contributed by atoms with Crippen LogP contribution in [0.25, 0.3) is 5.69 Å². The number of amides is 1. The monoisotopic (exact) mass is 361 g/mol. The first-order valence-electron chi connectivity index (χ1n) is 8.23. The van der Waals surface area contributed by atoms with Gasteiger partial charge in [-0.3, -0.25) is 14.4 Å². The number of hydrogen-bond acceptors (Lipinski definition) is 5. The first kappa shape index (κ1) is 19.3. The summed E-state index contributed by atoms with van der Waals surface area (Å²) in [7, 11) is 0. The largest absolute Gasteiger partial charge is 0.466 e. The van der Waals surface area contributed by atoms with Gasteiger partial charge in [0, 0.05) is 24.7 Å². The van der Waals surface area contributed by atoms with Gasteiger partial charge in [0.2, 0.25) is 5.43 Å². The van der Waals surface area contributed by atoms with E-state index >= 15 is 0 Å². The van der Waals surface area contributed by atoms with Crippen molar-refractivity contribution in [1.82, 2.24) is 15.1 Å². The van der Waals surface area contributed by atoms with Gasteiger partial charge in [-0.25, -0.2) is 9.07 Å². The Morgan fingerprint density at radius 3 is 2.73 bits per heavy atom. The fourth-order valence-corrected chi connectivity index (χ4v) is 2.32. The number of aryl methyl sites for hydroxylation is 1. The molecule has 0 aliphatic rings. The lowest BCUT2D eigenvalue weighted by Gasteiger charge is -2.12. The number of carbonyl (C=O) groups excluding carboxylic acids is 2. The zero-order valence-electron chi connectivity index (χ0n) is 14.6. The summed E-state index contributed by atoms with van der Waals surface area (Å²) >= 11 is 0. The van der Waals surface area contributed by atoms with Gasteiger partial charge < -0.3 is 10.1 Å². The molecule has 0 saturated heterocycles. The number of ether oxygens (including phenoxy) is 1. The molecular formula is C18H20FN3O4. The summed E-state index contributed by atoms with van der Waals surface area (Å²) in [5.41, 5.74) is -0.353. The summed E-state index contributed by atoms with van der Waals surface area (Å²) in [5.74, 6) is -1.55. The zero-order valence-corrected chi connectivity index (χ0v) is 14.6. The number of halogens is 1. The highest BCUT2D eigenvalue weighted by Crippen LogP contribution is 2.13. The van der Waals surface area contributed by atoms with E-state index in [4.69, 9.17) is 4.74 Å². The van der Waals surface area contributed by atoms with Crippen LogP contribution >= 0.6 is 0 Å². The van der Waals surface area contributed by atoms with Crippen molar-refractivity contribution < 1.29 is 18.7 Å². The maximum atomic E-state index is 14.0. The molecule has 0 radical (unpaired) electrons. The number of nitrogens with zero attached hydrogens (tertiary/aromatic N) is 2. The Hall–Kier alpha value is -3.03. The second-order valence-electron chi connectivity index (χ2n) is 5.53. The van der Waals surface area contributed by atoms with Gasteiger partial charge in [-0.15, -0.1) is 0 Å². The molecule has 1 aromatic heterocycles. The molecule has 0 bridgehead atoms. The van der Waals surface area contributed by atoms with Crippen LogP contribution in [0.3, 0.4) is 0 Å².